The molecule has 16 heavy (non-hydrogen) atoms. The predicted octanol–water partition coefficient (Wildman–Crippen LogP) is 3.01. The highest BCUT2D eigenvalue weighted by molar-refractivity contribution is 9.08. The molecule has 0 fully saturated rings. The van der Waals surface area contributed by atoms with Crippen LogP contribution in [0, 0.1) is 6.92 Å². The zero-order valence-corrected chi connectivity index (χ0v) is 10.3. The molecular weight excluding hydrogens is 284 g/mol. The normalized spacial score (nSPS) is 10.6. The number of methoxy groups -OCH3 is 1. The van der Waals surface area contributed by atoms with Gasteiger partial charge in [-0.05, 0) is 18.6 Å². The molecule has 0 unspecified atom stereocenters. The second kappa shape index (κ2) is 5.34. The third-order valence-corrected chi connectivity index (χ3v) is 2.71. The fraction of sp³-hybridized carbons (Fsp3) is 0.400. The lowest BCUT2D eigenvalue weighted by Gasteiger charge is -2.10. The van der Waals surface area contributed by atoms with Crippen LogP contribution in [0.4, 0.5) is 8.78 Å². The van der Waals surface area contributed by atoms with Gasteiger partial charge < -0.3 is 4.74 Å². The van der Waals surface area contributed by atoms with Gasteiger partial charge in [0.1, 0.15) is 5.69 Å². The van der Waals surface area contributed by atoms with Crippen LogP contribution in [0.3, 0.4) is 0 Å². The smallest absolute Gasteiger partial charge is 0.339 e. The van der Waals surface area contributed by atoms with Gasteiger partial charge in [-0.2, -0.15) is 0 Å². The number of hydrogen-bond acceptors (Lipinski definition) is 3. The first kappa shape index (κ1) is 13.0. The van der Waals surface area contributed by atoms with Crippen LogP contribution in [0.2, 0.25) is 0 Å². The van der Waals surface area contributed by atoms with Gasteiger partial charge in [-0.3, -0.25) is 4.98 Å². The minimum Gasteiger partial charge on any atom is -0.465 e. The number of pyridine rings is 1. The first-order valence-electron chi connectivity index (χ1n) is 4.44. The molecule has 0 bridgehead atoms. The van der Waals surface area contributed by atoms with Gasteiger partial charge in [0.15, 0.2) is 0 Å². The van der Waals surface area contributed by atoms with Crippen molar-refractivity contribution in [2.45, 2.75) is 18.7 Å². The minimum absolute atomic E-state index is 0.183. The standard InChI is InChI=1S/C10H10BrF2NO2/c1-5-6(4-11)3-7(10(15)16-2)8(14-5)9(12)13/h3,9H,4H2,1-2H3. The summed E-state index contributed by atoms with van der Waals surface area (Å²) in [6.07, 6.45) is -2.79. The highest BCUT2D eigenvalue weighted by Crippen LogP contribution is 2.24. The quantitative estimate of drug-likeness (QED) is 0.635. The average Bonchev–Trinajstić information content (AvgIpc) is 2.27. The zero-order chi connectivity index (χ0) is 12.3. The van der Waals surface area contributed by atoms with E-state index in [0.717, 1.165) is 7.11 Å². The Morgan fingerprint density at radius 1 is 1.62 bits per heavy atom. The summed E-state index contributed by atoms with van der Waals surface area (Å²) in [5.41, 5.74) is 0.441. The van der Waals surface area contributed by atoms with Crippen LogP contribution in [0.15, 0.2) is 6.07 Å². The van der Waals surface area contributed by atoms with Crippen LogP contribution in [0.1, 0.15) is 33.7 Å². The Balaban J connectivity index is 3.36. The fourth-order valence-corrected chi connectivity index (χ4v) is 1.81. The summed E-state index contributed by atoms with van der Waals surface area (Å²) < 4.78 is 29.8. The number of rotatable bonds is 3. The molecular formula is C10H10BrF2NO2. The predicted molar refractivity (Wildman–Crippen MR) is 57.9 cm³/mol. The van der Waals surface area contributed by atoms with E-state index in [1.54, 1.807) is 6.92 Å². The summed E-state index contributed by atoms with van der Waals surface area (Å²) >= 11 is 3.20. The fourth-order valence-electron chi connectivity index (χ4n) is 1.24. The number of carbonyl (C=O) groups excluding carboxylic acids is 1. The number of ether oxygens (including phenoxy) is 1. The molecule has 0 aliphatic carbocycles. The largest absolute Gasteiger partial charge is 0.465 e. The molecule has 1 heterocycles. The van der Waals surface area contributed by atoms with Gasteiger partial charge in [0.2, 0.25) is 0 Å². The molecule has 1 aromatic rings. The van der Waals surface area contributed by atoms with Gasteiger partial charge >= 0.3 is 5.97 Å². The zero-order valence-electron chi connectivity index (χ0n) is 8.76. The molecule has 0 aliphatic heterocycles. The highest BCUT2D eigenvalue weighted by atomic mass is 79.9. The summed E-state index contributed by atoms with van der Waals surface area (Å²) in [5.74, 6) is -0.801. The lowest BCUT2D eigenvalue weighted by atomic mass is 10.1. The van der Waals surface area contributed by atoms with Crippen LogP contribution in [-0.4, -0.2) is 18.1 Å². The number of halogens is 3. The third kappa shape index (κ3) is 2.55. The van der Waals surface area contributed by atoms with E-state index in [-0.39, 0.29) is 5.56 Å². The Labute approximate surface area is 99.9 Å². The molecule has 0 amide bonds. The van der Waals surface area contributed by atoms with Crippen LogP contribution >= 0.6 is 15.9 Å². The van der Waals surface area contributed by atoms with Crippen molar-refractivity contribution in [3.8, 4) is 0 Å². The molecule has 0 N–H and O–H groups in total. The maximum absolute atomic E-state index is 12.7. The van der Waals surface area contributed by atoms with Gasteiger partial charge in [-0.25, -0.2) is 13.6 Å². The Kier molecular flexibility index (Phi) is 4.35. The maximum Gasteiger partial charge on any atom is 0.339 e. The highest BCUT2D eigenvalue weighted by Gasteiger charge is 2.22. The van der Waals surface area contributed by atoms with Gasteiger partial charge in [0.25, 0.3) is 6.43 Å². The minimum atomic E-state index is -2.79. The number of aromatic nitrogens is 1. The van der Waals surface area contributed by atoms with E-state index in [0.29, 0.717) is 16.6 Å². The van der Waals surface area contributed by atoms with E-state index in [1.165, 1.54) is 6.07 Å². The number of carbonyl (C=O) groups is 1. The topological polar surface area (TPSA) is 39.2 Å². The van der Waals surface area contributed by atoms with E-state index >= 15 is 0 Å². The summed E-state index contributed by atoms with van der Waals surface area (Å²) in [5, 5.41) is 0.444. The molecule has 0 radical (unpaired) electrons. The molecule has 6 heteroatoms. The summed E-state index contributed by atoms with van der Waals surface area (Å²) in [6, 6.07) is 1.38. The van der Waals surface area contributed by atoms with Gasteiger partial charge in [-0.15, -0.1) is 0 Å². The average molecular weight is 294 g/mol. The third-order valence-electron chi connectivity index (χ3n) is 2.10. The van der Waals surface area contributed by atoms with Crippen molar-refractivity contribution in [3.05, 3.63) is 28.6 Å². The van der Waals surface area contributed by atoms with E-state index in [4.69, 9.17) is 0 Å². The van der Waals surface area contributed by atoms with Crippen molar-refractivity contribution in [3.63, 3.8) is 0 Å². The number of aryl methyl sites for hydroxylation is 1. The van der Waals surface area contributed by atoms with Crippen LogP contribution in [-0.2, 0) is 10.1 Å². The van der Waals surface area contributed by atoms with Crippen LogP contribution < -0.4 is 0 Å². The van der Waals surface area contributed by atoms with Crippen LogP contribution in [0.5, 0.6) is 0 Å². The Morgan fingerprint density at radius 3 is 2.69 bits per heavy atom. The molecule has 1 rings (SSSR count). The number of hydrogen-bond donors (Lipinski definition) is 0. The van der Waals surface area contributed by atoms with E-state index in [2.05, 4.69) is 25.7 Å². The Hall–Kier alpha value is -1.04. The van der Waals surface area contributed by atoms with Crippen LogP contribution in [0.25, 0.3) is 0 Å². The van der Waals surface area contributed by atoms with Crippen molar-refractivity contribution in [1.29, 1.82) is 0 Å². The van der Waals surface area contributed by atoms with E-state index < -0.39 is 18.1 Å². The first-order chi connectivity index (χ1) is 7.51. The molecule has 0 aromatic carbocycles. The van der Waals surface area contributed by atoms with Crippen molar-refractivity contribution in [2.24, 2.45) is 0 Å². The SMILES string of the molecule is COC(=O)c1cc(CBr)c(C)nc1C(F)F. The summed E-state index contributed by atoms with van der Waals surface area (Å²) in [6.45, 7) is 1.61. The molecule has 0 spiro atoms. The van der Waals surface area contributed by atoms with Gasteiger partial charge in [0, 0.05) is 11.0 Å². The molecule has 0 aliphatic rings. The van der Waals surface area contributed by atoms with Crippen molar-refractivity contribution in [1.82, 2.24) is 4.98 Å². The second-order valence-electron chi connectivity index (χ2n) is 3.09. The monoisotopic (exact) mass is 293 g/mol. The summed E-state index contributed by atoms with van der Waals surface area (Å²) in [7, 11) is 1.14. The number of alkyl halides is 3. The van der Waals surface area contributed by atoms with E-state index in [9.17, 15) is 13.6 Å². The molecule has 88 valence electrons. The van der Waals surface area contributed by atoms with E-state index in [1.807, 2.05) is 0 Å². The summed E-state index contributed by atoms with van der Waals surface area (Å²) in [4.78, 5) is 15.0. The van der Waals surface area contributed by atoms with Gasteiger partial charge in [0.05, 0.1) is 12.7 Å². The van der Waals surface area contributed by atoms with Crippen molar-refractivity contribution in [2.75, 3.05) is 7.11 Å². The molecule has 1 aromatic heterocycles. The van der Waals surface area contributed by atoms with Gasteiger partial charge in [-0.1, -0.05) is 15.9 Å². The molecule has 0 saturated heterocycles. The molecule has 0 saturated carbocycles. The molecule has 3 nitrogen and oxygen atoms in total. The molecule has 0 atom stereocenters. The number of nitrogens with zero attached hydrogens (tertiary/aromatic N) is 1. The van der Waals surface area contributed by atoms with Crippen molar-refractivity contribution >= 4 is 21.9 Å². The first-order valence-corrected chi connectivity index (χ1v) is 5.56. The number of esters is 1. The Bertz CT molecular complexity index is 410. The van der Waals surface area contributed by atoms with Crippen molar-refractivity contribution < 1.29 is 18.3 Å². The second-order valence-corrected chi connectivity index (χ2v) is 3.65. The lowest BCUT2D eigenvalue weighted by Crippen LogP contribution is -2.10. The maximum atomic E-state index is 12.7. The lowest BCUT2D eigenvalue weighted by molar-refractivity contribution is 0.0587. The Morgan fingerprint density at radius 2 is 2.25 bits per heavy atom.